The van der Waals surface area contributed by atoms with Crippen LogP contribution in [0.4, 0.5) is 0 Å². The minimum Gasteiger partial charge on any atom is -0.463 e. The van der Waals surface area contributed by atoms with Crippen molar-refractivity contribution in [2.75, 3.05) is 6.61 Å². The molecule has 3 heterocycles. The molecule has 1 aliphatic heterocycles. The molecule has 11 nitrogen and oxygen atoms in total. The Balaban J connectivity index is 2.01. The van der Waals surface area contributed by atoms with Crippen molar-refractivity contribution in [1.29, 1.82) is 0 Å². The van der Waals surface area contributed by atoms with E-state index in [4.69, 9.17) is 30.5 Å². The maximum atomic E-state index is 11.7. The van der Waals surface area contributed by atoms with Crippen LogP contribution >= 0.6 is 11.6 Å². The van der Waals surface area contributed by atoms with Crippen molar-refractivity contribution >= 4 is 40.5 Å². The summed E-state index contributed by atoms with van der Waals surface area (Å²) in [6, 6.07) is 0. The maximum absolute atomic E-state index is 11.7. The van der Waals surface area contributed by atoms with Crippen molar-refractivity contribution in [1.82, 2.24) is 19.7 Å². The molecule has 0 spiro atoms. The minimum atomic E-state index is -1.06. The summed E-state index contributed by atoms with van der Waals surface area (Å²) in [6.07, 6.45) is -1.29. The molecule has 0 saturated carbocycles. The fraction of sp³-hybridized carbons (Fsp3) is 0.500. The molecule has 3 rings (SSSR count). The fourth-order valence-electron chi connectivity index (χ4n) is 2.91. The summed E-state index contributed by atoms with van der Waals surface area (Å²) in [5, 5.41) is 4.85. The van der Waals surface area contributed by atoms with Gasteiger partial charge in [-0.25, -0.2) is 14.6 Å². The van der Waals surface area contributed by atoms with Gasteiger partial charge in [0.15, 0.2) is 24.1 Å². The molecule has 0 aliphatic carbocycles. The predicted octanol–water partition coefficient (Wildman–Crippen LogP) is 0.804. The lowest BCUT2D eigenvalue weighted by atomic mass is 10.1. The number of fused-ring (bicyclic) bond motifs is 1. The number of rotatable bonds is 5. The van der Waals surface area contributed by atoms with Crippen LogP contribution in [0, 0.1) is 0 Å². The third kappa shape index (κ3) is 4.04. The van der Waals surface area contributed by atoms with Crippen molar-refractivity contribution in [2.24, 2.45) is 0 Å². The van der Waals surface area contributed by atoms with Crippen LogP contribution in [0.15, 0.2) is 12.5 Å². The van der Waals surface area contributed by atoms with E-state index in [2.05, 4.69) is 15.1 Å². The highest BCUT2D eigenvalue weighted by atomic mass is 35.5. The van der Waals surface area contributed by atoms with Crippen molar-refractivity contribution < 1.29 is 33.3 Å². The zero-order chi connectivity index (χ0) is 20.4. The van der Waals surface area contributed by atoms with Gasteiger partial charge in [-0.05, 0) is 0 Å². The van der Waals surface area contributed by atoms with Crippen LogP contribution in [0.2, 0.25) is 5.15 Å². The summed E-state index contributed by atoms with van der Waals surface area (Å²) >= 11 is 6.05. The first-order valence-electron chi connectivity index (χ1n) is 8.25. The number of aromatic nitrogens is 4. The first-order valence-corrected chi connectivity index (χ1v) is 8.62. The lowest BCUT2D eigenvalue weighted by Gasteiger charge is -2.23. The number of carbonyl (C=O) groups is 3. The lowest BCUT2D eigenvalue weighted by Crippen LogP contribution is -2.40. The predicted molar refractivity (Wildman–Crippen MR) is 92.0 cm³/mol. The highest BCUT2D eigenvalue weighted by Gasteiger charge is 2.51. The lowest BCUT2D eigenvalue weighted by molar-refractivity contribution is -0.166. The summed E-state index contributed by atoms with van der Waals surface area (Å²) in [6.45, 7) is 3.44. The van der Waals surface area contributed by atoms with Crippen LogP contribution in [0.5, 0.6) is 0 Å². The SMILES string of the molecule is CC(=O)OCC1OC(n2ncc3c(Cl)ncnc32)C(OC(C)=O)C1OC(C)=O. The van der Waals surface area contributed by atoms with Gasteiger partial charge in [-0.3, -0.25) is 14.4 Å². The Kier molecular flexibility index (Phi) is 5.75. The number of hydrogen-bond acceptors (Lipinski definition) is 10. The number of ether oxygens (including phenoxy) is 4. The minimum absolute atomic E-state index is 0.186. The van der Waals surface area contributed by atoms with Gasteiger partial charge in [0.25, 0.3) is 0 Å². The second-order valence-corrected chi connectivity index (χ2v) is 6.36. The Morgan fingerprint density at radius 3 is 2.43 bits per heavy atom. The Labute approximate surface area is 163 Å². The van der Waals surface area contributed by atoms with E-state index >= 15 is 0 Å². The van der Waals surface area contributed by atoms with E-state index in [1.165, 1.54) is 38.0 Å². The van der Waals surface area contributed by atoms with Gasteiger partial charge in [0.2, 0.25) is 0 Å². The Bertz CT molecular complexity index is 918. The van der Waals surface area contributed by atoms with Gasteiger partial charge in [-0.2, -0.15) is 5.10 Å². The van der Waals surface area contributed by atoms with Crippen molar-refractivity contribution in [3.63, 3.8) is 0 Å². The highest BCUT2D eigenvalue weighted by Crippen LogP contribution is 2.36. The monoisotopic (exact) mass is 412 g/mol. The molecule has 150 valence electrons. The molecule has 4 unspecified atom stereocenters. The molecule has 1 saturated heterocycles. The topological polar surface area (TPSA) is 132 Å². The van der Waals surface area contributed by atoms with E-state index in [-0.39, 0.29) is 11.8 Å². The molecular formula is C16H17ClN4O7. The zero-order valence-electron chi connectivity index (χ0n) is 15.2. The smallest absolute Gasteiger partial charge is 0.303 e. The van der Waals surface area contributed by atoms with Gasteiger partial charge < -0.3 is 18.9 Å². The third-order valence-corrected chi connectivity index (χ3v) is 4.23. The van der Waals surface area contributed by atoms with Crippen molar-refractivity contribution in [3.05, 3.63) is 17.7 Å². The molecule has 1 aliphatic rings. The normalized spacial score (nSPS) is 24.1. The van der Waals surface area contributed by atoms with Crippen LogP contribution in [-0.4, -0.2) is 62.6 Å². The standard InChI is InChI=1S/C16H17ClN4O7/c1-7(22)25-5-11-12(26-8(2)23)13(27-9(3)24)16(28-11)21-15-10(4-20-21)14(17)18-6-19-15/h4,6,11-13,16H,5H2,1-3H3. The molecule has 0 radical (unpaired) electrons. The largest absolute Gasteiger partial charge is 0.463 e. The van der Waals surface area contributed by atoms with E-state index in [1.807, 2.05) is 0 Å². The second-order valence-electron chi connectivity index (χ2n) is 6.01. The van der Waals surface area contributed by atoms with Gasteiger partial charge in [0.05, 0.1) is 11.6 Å². The first kappa shape index (κ1) is 20.0. The van der Waals surface area contributed by atoms with Gasteiger partial charge >= 0.3 is 17.9 Å². The molecule has 0 amide bonds. The summed E-state index contributed by atoms with van der Waals surface area (Å²) in [7, 11) is 0. The molecule has 28 heavy (non-hydrogen) atoms. The molecule has 4 atom stereocenters. The van der Waals surface area contributed by atoms with Crippen LogP contribution in [0.25, 0.3) is 11.0 Å². The van der Waals surface area contributed by atoms with E-state index in [0.717, 1.165) is 0 Å². The van der Waals surface area contributed by atoms with Gasteiger partial charge in [0.1, 0.15) is 24.2 Å². The molecule has 0 N–H and O–H groups in total. The van der Waals surface area contributed by atoms with E-state index in [1.54, 1.807) is 0 Å². The summed E-state index contributed by atoms with van der Waals surface area (Å²) in [4.78, 5) is 42.4. The molecule has 12 heteroatoms. The fourth-order valence-corrected chi connectivity index (χ4v) is 3.09. The van der Waals surface area contributed by atoms with Crippen LogP contribution in [0.3, 0.4) is 0 Å². The van der Waals surface area contributed by atoms with Crippen LogP contribution < -0.4 is 0 Å². The van der Waals surface area contributed by atoms with Gasteiger partial charge in [-0.1, -0.05) is 11.6 Å². The number of carbonyl (C=O) groups excluding carboxylic acids is 3. The van der Waals surface area contributed by atoms with E-state index in [0.29, 0.717) is 11.0 Å². The number of hydrogen-bond donors (Lipinski definition) is 0. The van der Waals surface area contributed by atoms with E-state index in [9.17, 15) is 14.4 Å². The Morgan fingerprint density at radius 2 is 1.79 bits per heavy atom. The van der Waals surface area contributed by atoms with Gasteiger partial charge in [-0.15, -0.1) is 0 Å². The average molecular weight is 413 g/mol. The molecular weight excluding hydrogens is 396 g/mol. The Morgan fingerprint density at radius 1 is 1.11 bits per heavy atom. The second kappa shape index (κ2) is 8.07. The number of halogens is 1. The summed E-state index contributed by atoms with van der Waals surface area (Å²) in [5.74, 6) is -1.77. The number of nitrogens with zero attached hydrogens (tertiary/aromatic N) is 4. The van der Waals surface area contributed by atoms with E-state index < -0.39 is 42.4 Å². The van der Waals surface area contributed by atoms with Crippen LogP contribution in [0.1, 0.15) is 27.0 Å². The Hall–Kier alpha value is -2.79. The summed E-state index contributed by atoms with van der Waals surface area (Å²) in [5.41, 5.74) is 0.330. The molecule has 2 aromatic heterocycles. The van der Waals surface area contributed by atoms with Crippen LogP contribution in [-0.2, 0) is 33.3 Å². The molecule has 2 aromatic rings. The maximum Gasteiger partial charge on any atom is 0.303 e. The summed E-state index contributed by atoms with van der Waals surface area (Å²) < 4.78 is 22.9. The van der Waals surface area contributed by atoms with Crippen molar-refractivity contribution in [3.8, 4) is 0 Å². The highest BCUT2D eigenvalue weighted by molar-refractivity contribution is 6.33. The average Bonchev–Trinajstić information content (AvgIpc) is 3.16. The molecule has 1 fully saturated rings. The molecule has 0 bridgehead atoms. The number of esters is 3. The van der Waals surface area contributed by atoms with Gasteiger partial charge in [0, 0.05) is 20.8 Å². The quantitative estimate of drug-likeness (QED) is 0.394. The third-order valence-electron chi connectivity index (χ3n) is 3.92. The van der Waals surface area contributed by atoms with Crippen molar-refractivity contribution in [2.45, 2.75) is 45.3 Å². The molecule has 0 aromatic carbocycles. The zero-order valence-corrected chi connectivity index (χ0v) is 16.0. The first-order chi connectivity index (χ1) is 13.3.